The number of esters is 2. The standard InChI is InChI=1S/C90H152O28/c1-51-25-31-69(115-89-85(99)87(107-17)79(105-15)49-109-89)43-63-21-19-23-65(113-63)47-75(103-13)58(8)74(94)40-62(92)42-78(60(10)84(98)54(4)30-34-68-46-72(102-12)38-56(6)112-68)118-82(96)36-28-52(2)26-32-70(116-90-86(100)88(108-18)80(106-16)50-110-90)44-64-22-20-24-66(114-64)48-76(104-14)57(7)73(93)39-61(91)41-77(117-81(95)35-27-51)59(9)83(97)53(3)29-33-67-45-71(101-11)37-55(5)111-67/h19-22,25-28,35-36,53-80,83-94,97-100H,23-24,29-34,37-50H2,1-18H3/b35-27-,36-28+,51-25+,52-26+/t53-,54-,55-,56-,57-,58-,59+,60+,61+,62+,63-,64-,65-,66-,67-,68-,69-,70-,71+,72+,73-,74-,75-,76-,77-,78-,79-,80-,83-,84-,85-,86-,87+,88+,89+,90+/m0/s1. The highest BCUT2D eigenvalue weighted by atomic mass is 16.7. The van der Waals surface area contributed by atoms with Crippen LogP contribution >= 0.6 is 0 Å². The van der Waals surface area contributed by atoms with Crippen LogP contribution in [0.15, 0.2) is 71.9 Å². The maximum atomic E-state index is 14.2. The lowest BCUT2D eigenvalue weighted by Gasteiger charge is -2.40. The van der Waals surface area contributed by atoms with Crippen LogP contribution in [-0.4, -0.2) is 306 Å². The molecule has 4 bridgehead atoms. The van der Waals surface area contributed by atoms with Crippen LogP contribution in [0, 0.1) is 35.5 Å². The van der Waals surface area contributed by atoms with Crippen LogP contribution in [0.3, 0.4) is 0 Å². The second-order valence-electron chi connectivity index (χ2n) is 35.0. The van der Waals surface area contributed by atoms with E-state index in [1.807, 2.05) is 91.8 Å². The predicted octanol–water partition coefficient (Wildman–Crippen LogP) is 9.16. The average Bonchev–Trinajstić information content (AvgIpc) is 0.825. The van der Waals surface area contributed by atoms with Gasteiger partial charge in [0.15, 0.2) is 12.6 Å². The Hall–Kier alpha value is -3.58. The summed E-state index contributed by atoms with van der Waals surface area (Å²) in [5.41, 5.74) is 1.32. The van der Waals surface area contributed by atoms with E-state index < -0.39 is 182 Å². The van der Waals surface area contributed by atoms with E-state index in [1.165, 1.54) is 40.6 Å². The molecule has 4 fully saturated rings. The van der Waals surface area contributed by atoms with Crippen molar-refractivity contribution in [2.24, 2.45) is 35.5 Å². The fraction of sp³-hybridized carbons (Fsp3) is 0.844. The van der Waals surface area contributed by atoms with Gasteiger partial charge in [-0.15, -0.1) is 0 Å². The molecular formula is C90H152O28. The van der Waals surface area contributed by atoms with Crippen LogP contribution < -0.4 is 0 Å². The van der Waals surface area contributed by atoms with Crippen molar-refractivity contribution in [3.05, 3.63) is 71.9 Å². The predicted molar refractivity (Wildman–Crippen MR) is 441 cm³/mol. The summed E-state index contributed by atoms with van der Waals surface area (Å²) in [4.78, 5) is 28.5. The van der Waals surface area contributed by atoms with Crippen LogP contribution in [0.1, 0.15) is 198 Å². The van der Waals surface area contributed by atoms with Crippen molar-refractivity contribution >= 4 is 11.9 Å². The molecule has 0 aliphatic carbocycles. The number of cyclic esters (lactones) is 2. The molecule has 7 heterocycles. The van der Waals surface area contributed by atoms with Crippen molar-refractivity contribution in [2.45, 2.75) is 381 Å². The number of allylic oxidation sites excluding steroid dienone is 4. The van der Waals surface area contributed by atoms with Gasteiger partial charge in [0.25, 0.3) is 0 Å². The van der Waals surface area contributed by atoms with Crippen LogP contribution in [0.25, 0.3) is 0 Å². The molecule has 4 saturated heterocycles. The Bertz CT molecular complexity index is 2850. The molecule has 28 heteroatoms. The molecule has 0 aromatic heterocycles. The summed E-state index contributed by atoms with van der Waals surface area (Å²) in [5, 5.41) is 95.8. The highest BCUT2D eigenvalue weighted by Gasteiger charge is 2.46. The average molecular weight is 1680 g/mol. The number of carbonyl (C=O) groups excluding carboxylic acids is 2. The van der Waals surface area contributed by atoms with Crippen molar-refractivity contribution in [2.75, 3.05) is 70.1 Å². The summed E-state index contributed by atoms with van der Waals surface area (Å²) < 4.78 is 110. The van der Waals surface area contributed by atoms with Crippen molar-refractivity contribution in [1.29, 1.82) is 0 Å². The third kappa shape index (κ3) is 32.1. The molecule has 8 N–H and O–H groups in total. The second kappa shape index (κ2) is 51.8. The molecule has 28 nitrogen and oxygen atoms in total. The molecule has 0 aromatic rings. The Kier molecular flexibility index (Phi) is 44.5. The van der Waals surface area contributed by atoms with Crippen LogP contribution in [0.4, 0.5) is 0 Å². The van der Waals surface area contributed by atoms with Crippen molar-refractivity contribution < 1.29 is 136 Å². The SMILES string of the molecule is CO[C@H]1C[C@H](CC[C@H](C)[C@H](O)[C@H](C)[C@@H]2C[C@H](O)C[C@H](O)[C@H](C)[C@@H](OC)C[C@@H]3CC=C[C@@H](C[C@@H](O[C@H]4OC[C@H](OC)[C@@H](OC)[C@@H]4O)C/C=C(C)/C=C/C(=O)O[C@H]([C@@H](C)[C@@H](O)[C@@H](C)CC[C@H]4C[C@H](OC)C[C@H](C)O4)C[C@H](O)C[C@H](O)[C@H](C)[C@@H](OC)C[C@@H]4CC=C[C@@H](C[C@@H](O[C@H]5OC[C@H](OC)[C@@H](OC)[C@@H]5O)C/C=C(C)/C=C\C(=O)O2)O4)O3)O[C@@H](C)C1. The van der Waals surface area contributed by atoms with Gasteiger partial charge < -0.3 is 126 Å². The Morgan fingerprint density at radius 3 is 1.14 bits per heavy atom. The van der Waals surface area contributed by atoms with Crippen molar-refractivity contribution in [1.82, 2.24) is 0 Å². The number of ether oxygens (including phenoxy) is 18. The molecule has 0 radical (unpaired) electrons. The largest absolute Gasteiger partial charge is 0.459 e. The summed E-state index contributed by atoms with van der Waals surface area (Å²) in [6.45, 7) is 19.1. The lowest BCUT2D eigenvalue weighted by atomic mass is 9.83. The Morgan fingerprint density at radius 1 is 0.424 bits per heavy atom. The van der Waals surface area contributed by atoms with Gasteiger partial charge in [-0.05, 0) is 129 Å². The number of aliphatic hydroxyl groups is 8. The second-order valence-corrected chi connectivity index (χ2v) is 35.0. The zero-order chi connectivity index (χ0) is 86.4. The molecular weight excluding hydrogens is 1530 g/mol. The van der Waals surface area contributed by atoms with Gasteiger partial charge in [0.05, 0.1) is 135 Å². The van der Waals surface area contributed by atoms with E-state index >= 15 is 0 Å². The number of rotatable bonds is 24. The van der Waals surface area contributed by atoms with Crippen LogP contribution in [-0.2, 0) is 94.9 Å². The van der Waals surface area contributed by atoms with Gasteiger partial charge in [-0.1, -0.05) is 101 Å². The van der Waals surface area contributed by atoms with Crippen molar-refractivity contribution in [3.63, 3.8) is 0 Å². The Morgan fingerprint density at radius 2 is 0.797 bits per heavy atom. The monoisotopic (exact) mass is 1680 g/mol. The molecule has 7 aliphatic rings. The van der Waals surface area contributed by atoms with Crippen molar-refractivity contribution in [3.8, 4) is 0 Å². The van der Waals surface area contributed by atoms with Crippen LogP contribution in [0.5, 0.6) is 0 Å². The fourth-order valence-corrected chi connectivity index (χ4v) is 18.0. The Labute approximate surface area is 703 Å². The minimum absolute atomic E-state index is 0.0206. The number of methoxy groups -OCH3 is 8. The third-order valence-electron chi connectivity index (χ3n) is 25.8. The first-order chi connectivity index (χ1) is 56.3. The molecule has 0 amide bonds. The molecule has 0 spiro atoms. The van der Waals surface area contributed by atoms with Crippen LogP contribution in [0.2, 0.25) is 0 Å². The smallest absolute Gasteiger partial charge is 0.331 e. The maximum Gasteiger partial charge on any atom is 0.331 e. The number of aliphatic hydroxyl groups excluding tert-OH is 8. The molecule has 118 heavy (non-hydrogen) atoms. The summed E-state index contributed by atoms with van der Waals surface area (Å²) in [6, 6.07) is 0. The summed E-state index contributed by atoms with van der Waals surface area (Å²) in [7, 11) is 12.5. The lowest BCUT2D eigenvalue weighted by Crippen LogP contribution is -2.56. The molecule has 680 valence electrons. The summed E-state index contributed by atoms with van der Waals surface area (Å²) in [5.74, 6) is -4.40. The van der Waals surface area contributed by atoms with Gasteiger partial charge >= 0.3 is 11.9 Å². The molecule has 36 atom stereocenters. The molecule has 7 aliphatic heterocycles. The first-order valence-corrected chi connectivity index (χ1v) is 43.6. The summed E-state index contributed by atoms with van der Waals surface area (Å²) in [6.07, 6.45) is 5.51. The molecule has 7 rings (SSSR count). The zero-order valence-corrected chi connectivity index (χ0v) is 73.9. The first kappa shape index (κ1) is 102. The number of hydrogen-bond acceptors (Lipinski definition) is 28. The van der Waals surface area contributed by atoms with Gasteiger partial charge in [-0.2, -0.15) is 0 Å². The normalized spacial score (nSPS) is 41.5. The zero-order valence-electron chi connectivity index (χ0n) is 73.9. The van der Waals surface area contributed by atoms with E-state index in [2.05, 4.69) is 0 Å². The van der Waals surface area contributed by atoms with Gasteiger partial charge in [0.1, 0.15) is 48.8 Å². The highest BCUT2D eigenvalue weighted by molar-refractivity contribution is 5.83. The molecule has 0 saturated carbocycles. The van der Waals surface area contributed by atoms with E-state index in [0.717, 1.165) is 25.7 Å². The third-order valence-corrected chi connectivity index (χ3v) is 25.8. The van der Waals surface area contributed by atoms with Gasteiger partial charge in [0.2, 0.25) is 0 Å². The van der Waals surface area contributed by atoms with E-state index in [1.54, 1.807) is 54.4 Å². The van der Waals surface area contributed by atoms with Gasteiger partial charge in [-0.3, -0.25) is 0 Å². The molecule has 0 unspecified atom stereocenters. The lowest BCUT2D eigenvalue weighted by molar-refractivity contribution is -0.290. The summed E-state index contributed by atoms with van der Waals surface area (Å²) >= 11 is 0. The van der Waals surface area contributed by atoms with E-state index in [9.17, 15) is 50.4 Å². The van der Waals surface area contributed by atoms with E-state index in [-0.39, 0.29) is 113 Å². The number of fused-ring (bicyclic) bond motifs is 4. The topological polar surface area (TPSA) is 362 Å². The van der Waals surface area contributed by atoms with Gasteiger partial charge in [0, 0.05) is 131 Å². The molecule has 0 aromatic carbocycles. The van der Waals surface area contributed by atoms with E-state index in [0.29, 0.717) is 62.5 Å². The first-order valence-electron chi connectivity index (χ1n) is 43.6. The van der Waals surface area contributed by atoms with E-state index in [4.69, 9.17) is 85.3 Å². The number of carbonyl (C=O) groups is 2. The minimum atomic E-state index is -1.23. The fourth-order valence-electron chi connectivity index (χ4n) is 18.0. The quantitative estimate of drug-likeness (QED) is 0.0329. The minimum Gasteiger partial charge on any atom is -0.459 e. The number of hydrogen-bond donors (Lipinski definition) is 8. The highest BCUT2D eigenvalue weighted by Crippen LogP contribution is 2.37. The Balaban J connectivity index is 1.18. The van der Waals surface area contributed by atoms with Gasteiger partial charge in [-0.25, -0.2) is 9.59 Å². The maximum absolute atomic E-state index is 14.2.